The zero-order chi connectivity index (χ0) is 21.3. The predicted molar refractivity (Wildman–Crippen MR) is 119 cm³/mol. The molecule has 0 saturated heterocycles. The molecule has 0 amide bonds. The van der Waals surface area contributed by atoms with Gasteiger partial charge in [0.1, 0.15) is 11.3 Å². The fraction of sp³-hybridized carbons (Fsp3) is 0.300. The number of imidazole rings is 1. The molecule has 0 aliphatic heterocycles. The highest BCUT2D eigenvalue weighted by Crippen LogP contribution is 2.33. The van der Waals surface area contributed by atoms with E-state index in [1.165, 1.54) is 24.0 Å². The average molecular weight is 485 g/mol. The molecule has 1 heterocycles. The van der Waals surface area contributed by atoms with E-state index in [0.29, 0.717) is 33.7 Å². The van der Waals surface area contributed by atoms with Crippen LogP contribution in [0.3, 0.4) is 0 Å². The van der Waals surface area contributed by atoms with Gasteiger partial charge in [-0.05, 0) is 52.1 Å². The van der Waals surface area contributed by atoms with Gasteiger partial charge in [0.25, 0.3) is 0 Å². The number of aromatic nitrogens is 2. The van der Waals surface area contributed by atoms with Crippen molar-refractivity contribution in [1.82, 2.24) is 9.55 Å². The van der Waals surface area contributed by atoms with Crippen LogP contribution in [0.25, 0.3) is 11.0 Å². The molecule has 6 nitrogen and oxygen atoms in total. The van der Waals surface area contributed by atoms with E-state index in [0.717, 1.165) is 0 Å². The monoisotopic (exact) mass is 484 g/mol. The number of hydrogen-bond acceptors (Lipinski definition) is 4. The van der Waals surface area contributed by atoms with Crippen molar-refractivity contribution >= 4 is 42.4 Å². The van der Waals surface area contributed by atoms with E-state index in [9.17, 15) is 13.4 Å². The highest BCUT2D eigenvalue weighted by Gasteiger charge is 2.25. The Hall–Kier alpha value is -2.26. The molecule has 0 radical (unpaired) electrons. The number of ether oxygens (including phenoxy) is 2. The molecule has 0 fully saturated rings. The predicted octanol–water partition coefficient (Wildman–Crippen LogP) is 3.57. The maximum absolute atomic E-state index is 14.8. The number of nitrogens with one attached hydrogen (secondary N) is 1. The number of aromatic amines is 1. The van der Waals surface area contributed by atoms with Crippen molar-refractivity contribution in [3.8, 4) is 11.5 Å². The van der Waals surface area contributed by atoms with Gasteiger partial charge in [-0.25, -0.2) is 9.18 Å². The van der Waals surface area contributed by atoms with Gasteiger partial charge in [-0.1, -0.05) is 22.0 Å². The van der Waals surface area contributed by atoms with Crippen LogP contribution in [0.5, 0.6) is 11.5 Å². The van der Waals surface area contributed by atoms with Crippen molar-refractivity contribution in [3.63, 3.8) is 0 Å². The summed E-state index contributed by atoms with van der Waals surface area (Å²) in [6.07, 6.45) is 1.51. The Bertz CT molecular complexity index is 1220. The summed E-state index contributed by atoms with van der Waals surface area (Å²) >= 11 is 3.23. The molecule has 2 atom stereocenters. The summed E-state index contributed by atoms with van der Waals surface area (Å²) in [5.41, 5.74) is 0.593. The summed E-state index contributed by atoms with van der Waals surface area (Å²) in [6, 6.07) is 7.38. The normalized spacial score (nSPS) is 14.5. The number of rotatable bonds is 7. The van der Waals surface area contributed by atoms with Gasteiger partial charge in [0.05, 0.1) is 25.3 Å². The Morgan fingerprint density at radius 2 is 2.03 bits per heavy atom. The van der Waals surface area contributed by atoms with Crippen molar-refractivity contribution in [3.05, 3.63) is 56.7 Å². The van der Waals surface area contributed by atoms with Gasteiger partial charge in [-0.15, -0.1) is 0 Å². The molecule has 9 heteroatoms. The second kappa shape index (κ2) is 8.23. The minimum atomic E-state index is -2.52. The Balaban J connectivity index is 2.28. The lowest BCUT2D eigenvalue weighted by atomic mass is 10.1. The zero-order valence-electron chi connectivity index (χ0n) is 16.3. The largest absolute Gasteiger partial charge is 0.493 e. The number of hydrogen-bond donors (Lipinski definition) is 1. The van der Waals surface area contributed by atoms with E-state index in [-0.39, 0.29) is 11.3 Å². The third-order valence-electron chi connectivity index (χ3n) is 4.42. The number of nitrogens with zero attached hydrogens (tertiary/aromatic N) is 1. The molecule has 0 aliphatic rings. The third kappa shape index (κ3) is 4.51. The fourth-order valence-electron chi connectivity index (χ4n) is 3.30. The van der Waals surface area contributed by atoms with Gasteiger partial charge >= 0.3 is 5.69 Å². The van der Waals surface area contributed by atoms with Crippen LogP contribution in [0.4, 0.5) is 4.39 Å². The quantitative estimate of drug-likeness (QED) is 0.520. The first-order chi connectivity index (χ1) is 13.6. The van der Waals surface area contributed by atoms with Gasteiger partial charge in [-0.2, -0.15) is 0 Å². The van der Waals surface area contributed by atoms with Crippen LogP contribution in [0.1, 0.15) is 18.5 Å². The molecule has 3 rings (SSSR count). The number of benzene rings is 2. The molecular weight excluding hydrogens is 463 g/mol. The summed E-state index contributed by atoms with van der Waals surface area (Å²) in [7, 11) is -0.993. The van der Waals surface area contributed by atoms with Crippen LogP contribution in [0.2, 0.25) is 0 Å². The van der Waals surface area contributed by atoms with Gasteiger partial charge in [0.2, 0.25) is 0 Å². The second-order valence-corrected chi connectivity index (χ2v) is 10.4. The first-order valence-electron chi connectivity index (χ1n) is 8.84. The van der Waals surface area contributed by atoms with E-state index in [4.69, 9.17) is 9.47 Å². The fourth-order valence-corrected chi connectivity index (χ4v) is 4.74. The Morgan fingerprint density at radius 1 is 1.31 bits per heavy atom. The highest BCUT2D eigenvalue weighted by atomic mass is 79.9. The van der Waals surface area contributed by atoms with Crippen LogP contribution >= 0.6 is 15.9 Å². The maximum atomic E-state index is 14.8. The SMILES string of the molecule is C=S(C)(=O)C[C@@H](c1ccc(OC)c(OCC)c1)n1c(=O)[nH]c2cc(Br)cc(F)c21. The van der Waals surface area contributed by atoms with Crippen molar-refractivity contribution in [2.75, 3.05) is 25.7 Å². The summed E-state index contributed by atoms with van der Waals surface area (Å²) in [4.78, 5) is 15.5. The van der Waals surface area contributed by atoms with E-state index < -0.39 is 27.1 Å². The van der Waals surface area contributed by atoms with E-state index in [1.807, 2.05) is 6.92 Å². The topological polar surface area (TPSA) is 73.3 Å². The second-order valence-electron chi connectivity index (χ2n) is 6.79. The Kier molecular flexibility index (Phi) is 6.09. The molecule has 1 unspecified atom stereocenters. The summed E-state index contributed by atoms with van der Waals surface area (Å²) < 4.78 is 40.2. The minimum absolute atomic E-state index is 0.0489. The molecule has 1 aromatic heterocycles. The zero-order valence-corrected chi connectivity index (χ0v) is 18.7. The molecule has 2 aromatic carbocycles. The Morgan fingerprint density at radius 3 is 2.66 bits per heavy atom. The number of H-pyrrole nitrogens is 1. The van der Waals surface area contributed by atoms with Crippen molar-refractivity contribution in [2.45, 2.75) is 13.0 Å². The number of halogens is 2. The third-order valence-corrected chi connectivity index (χ3v) is 5.90. The summed E-state index contributed by atoms with van der Waals surface area (Å²) in [6.45, 7) is 2.26. The van der Waals surface area contributed by atoms with Crippen LogP contribution in [-0.4, -0.2) is 45.4 Å². The van der Waals surface area contributed by atoms with Crippen molar-refractivity contribution in [1.29, 1.82) is 0 Å². The van der Waals surface area contributed by atoms with Crippen molar-refractivity contribution < 1.29 is 18.1 Å². The number of fused-ring (bicyclic) bond motifs is 1. The molecule has 0 bridgehead atoms. The standard InChI is InChI=1S/C20H22BrFN2O4S/c1-5-28-18-8-12(6-7-17(18)27-2)16(11-29(3,4)26)24-19-14(22)9-13(21)10-15(19)23-20(24)25/h6-10,16H,3,5,11H2,1-2,4H3,(H,23,25)/t16-,29?/m0/s1. The average Bonchev–Trinajstić information content (AvgIpc) is 2.95. The van der Waals surface area contributed by atoms with Gasteiger partial charge in [0, 0.05) is 16.5 Å². The lowest BCUT2D eigenvalue weighted by molar-refractivity contribution is 0.310. The maximum Gasteiger partial charge on any atom is 0.327 e. The molecule has 29 heavy (non-hydrogen) atoms. The van der Waals surface area contributed by atoms with Crippen molar-refractivity contribution in [2.24, 2.45) is 0 Å². The van der Waals surface area contributed by atoms with Gasteiger partial charge in [0.15, 0.2) is 11.5 Å². The van der Waals surface area contributed by atoms with E-state index in [1.54, 1.807) is 24.3 Å². The summed E-state index contributed by atoms with van der Waals surface area (Å²) in [5.74, 6) is 4.23. The first-order valence-corrected chi connectivity index (χ1v) is 11.9. The molecule has 156 valence electrons. The smallest absolute Gasteiger partial charge is 0.327 e. The van der Waals surface area contributed by atoms with Gasteiger partial charge in [-0.3, -0.25) is 8.78 Å². The van der Waals surface area contributed by atoms with E-state index in [2.05, 4.69) is 26.8 Å². The molecule has 3 aromatic rings. The molecule has 1 N–H and O–H groups in total. The molecule has 0 spiro atoms. The first kappa shape index (κ1) is 21.4. The van der Waals surface area contributed by atoms with Crippen LogP contribution in [-0.2, 0) is 9.52 Å². The van der Waals surface area contributed by atoms with Crippen LogP contribution < -0.4 is 15.2 Å². The molecular formula is C20H22BrFN2O4S. The number of methoxy groups -OCH3 is 1. The van der Waals surface area contributed by atoms with E-state index >= 15 is 0 Å². The summed E-state index contributed by atoms with van der Waals surface area (Å²) in [5, 5.41) is 0. The minimum Gasteiger partial charge on any atom is -0.493 e. The molecule has 0 aliphatic carbocycles. The molecule has 0 saturated carbocycles. The lowest BCUT2D eigenvalue weighted by Crippen LogP contribution is -2.28. The lowest BCUT2D eigenvalue weighted by Gasteiger charge is -2.22. The highest BCUT2D eigenvalue weighted by molar-refractivity contribution is 9.10. The van der Waals surface area contributed by atoms with Crippen LogP contribution in [0, 0.1) is 5.82 Å². The van der Waals surface area contributed by atoms with Crippen LogP contribution in [0.15, 0.2) is 39.6 Å². The van der Waals surface area contributed by atoms with Gasteiger partial charge < -0.3 is 14.5 Å². The Labute approximate surface area is 176 Å².